The van der Waals surface area contributed by atoms with Crippen LogP contribution < -0.4 is 5.32 Å². The zero-order valence-corrected chi connectivity index (χ0v) is 14.8. The predicted molar refractivity (Wildman–Crippen MR) is 93.7 cm³/mol. The predicted octanol–water partition coefficient (Wildman–Crippen LogP) is 4.18. The largest absolute Gasteiger partial charge is 0.416 e. The first-order chi connectivity index (χ1) is 12.8. The van der Waals surface area contributed by atoms with Crippen molar-refractivity contribution in [2.75, 3.05) is 0 Å². The van der Waals surface area contributed by atoms with E-state index in [0.717, 1.165) is 12.1 Å². The van der Waals surface area contributed by atoms with Crippen molar-refractivity contribution in [3.05, 3.63) is 76.3 Å². The van der Waals surface area contributed by atoms with Crippen molar-refractivity contribution in [2.24, 2.45) is 0 Å². The molecule has 3 rings (SSSR count). The zero-order chi connectivity index (χ0) is 19.6. The molecule has 0 saturated carbocycles. The van der Waals surface area contributed by atoms with Crippen LogP contribution in [0, 0.1) is 6.92 Å². The van der Waals surface area contributed by atoms with E-state index in [0.29, 0.717) is 22.1 Å². The van der Waals surface area contributed by atoms with Crippen molar-refractivity contribution < 1.29 is 18.0 Å². The smallest absolute Gasteiger partial charge is 0.345 e. The van der Waals surface area contributed by atoms with E-state index in [1.54, 1.807) is 31.2 Å². The lowest BCUT2D eigenvalue weighted by molar-refractivity contribution is -0.137. The minimum Gasteiger partial charge on any atom is -0.345 e. The Balaban J connectivity index is 1.70. The minimum atomic E-state index is -4.39. The molecule has 1 amide bonds. The van der Waals surface area contributed by atoms with Crippen molar-refractivity contribution in [3.63, 3.8) is 0 Å². The maximum Gasteiger partial charge on any atom is 0.416 e. The fourth-order valence-electron chi connectivity index (χ4n) is 2.41. The highest BCUT2D eigenvalue weighted by Gasteiger charge is 2.29. The van der Waals surface area contributed by atoms with Gasteiger partial charge in [0.05, 0.1) is 16.3 Å². The topological polar surface area (TPSA) is 59.8 Å². The summed E-state index contributed by atoms with van der Waals surface area (Å²) in [5, 5.41) is 7.21. The molecule has 0 atom stereocenters. The number of carbonyl (C=O) groups excluding carboxylic acids is 1. The minimum absolute atomic E-state index is 0.0522. The summed E-state index contributed by atoms with van der Waals surface area (Å²) in [6.45, 7) is 1.74. The monoisotopic (exact) mass is 394 g/mol. The standard InChI is InChI=1S/C18H14ClF3N4O/c1-11-24-16(25-26(11)15-5-3-2-4-14(15)19)17(27)23-10-12-6-8-13(9-7-12)18(20,21)22/h2-9H,10H2,1H3,(H,23,27). The zero-order valence-electron chi connectivity index (χ0n) is 14.1. The number of para-hydroxylation sites is 1. The fourth-order valence-corrected chi connectivity index (χ4v) is 2.63. The highest BCUT2D eigenvalue weighted by Crippen LogP contribution is 2.29. The second-order valence-corrected chi connectivity index (χ2v) is 6.13. The van der Waals surface area contributed by atoms with Crippen LogP contribution in [0.3, 0.4) is 0 Å². The maximum absolute atomic E-state index is 12.6. The first-order valence-corrected chi connectivity index (χ1v) is 8.26. The lowest BCUT2D eigenvalue weighted by atomic mass is 10.1. The van der Waals surface area contributed by atoms with E-state index in [2.05, 4.69) is 15.4 Å². The second-order valence-electron chi connectivity index (χ2n) is 5.72. The third-order valence-corrected chi connectivity index (χ3v) is 4.11. The third-order valence-electron chi connectivity index (χ3n) is 3.79. The molecule has 5 nitrogen and oxygen atoms in total. The molecule has 3 aromatic rings. The number of nitrogens with one attached hydrogen (secondary N) is 1. The van der Waals surface area contributed by atoms with Gasteiger partial charge in [0.1, 0.15) is 5.82 Å². The molecule has 1 heterocycles. The number of hydrogen-bond acceptors (Lipinski definition) is 3. The average Bonchev–Trinajstić information content (AvgIpc) is 3.01. The molecular formula is C18H14ClF3N4O. The van der Waals surface area contributed by atoms with E-state index in [9.17, 15) is 18.0 Å². The average molecular weight is 395 g/mol. The number of amides is 1. The Morgan fingerprint density at radius 2 is 1.81 bits per heavy atom. The SMILES string of the molecule is Cc1nc(C(=O)NCc2ccc(C(F)(F)F)cc2)nn1-c1ccccc1Cl. The Labute approximate surface area is 157 Å². The number of nitrogens with zero attached hydrogens (tertiary/aromatic N) is 3. The Morgan fingerprint density at radius 3 is 2.44 bits per heavy atom. The first kappa shape index (κ1) is 18.9. The summed E-state index contributed by atoms with van der Waals surface area (Å²) in [5.74, 6) is -0.120. The molecule has 0 aliphatic rings. The molecule has 2 aromatic carbocycles. The second kappa shape index (κ2) is 7.40. The molecule has 1 aromatic heterocycles. The molecule has 9 heteroatoms. The van der Waals surface area contributed by atoms with Crippen LogP contribution in [-0.2, 0) is 12.7 Å². The molecule has 0 radical (unpaired) electrons. The number of carbonyl (C=O) groups is 1. The number of halogens is 4. The van der Waals surface area contributed by atoms with Crippen LogP contribution in [-0.4, -0.2) is 20.7 Å². The van der Waals surface area contributed by atoms with Crippen LogP contribution in [0.4, 0.5) is 13.2 Å². The molecule has 140 valence electrons. The van der Waals surface area contributed by atoms with Gasteiger partial charge in [-0.25, -0.2) is 9.67 Å². The molecule has 0 aliphatic carbocycles. The molecule has 0 aliphatic heterocycles. The van der Waals surface area contributed by atoms with E-state index >= 15 is 0 Å². The highest BCUT2D eigenvalue weighted by molar-refractivity contribution is 6.32. The number of hydrogen-bond donors (Lipinski definition) is 1. The van der Waals surface area contributed by atoms with Gasteiger partial charge in [0.25, 0.3) is 5.91 Å². The van der Waals surface area contributed by atoms with Gasteiger partial charge < -0.3 is 5.32 Å². The van der Waals surface area contributed by atoms with Crippen molar-refractivity contribution in [1.82, 2.24) is 20.1 Å². The fraction of sp³-hybridized carbons (Fsp3) is 0.167. The van der Waals surface area contributed by atoms with Crippen LogP contribution in [0.25, 0.3) is 5.69 Å². The lowest BCUT2D eigenvalue weighted by Gasteiger charge is -2.08. The van der Waals surface area contributed by atoms with Gasteiger partial charge >= 0.3 is 6.18 Å². The molecule has 0 unspecified atom stereocenters. The number of alkyl halides is 3. The molecule has 27 heavy (non-hydrogen) atoms. The molecule has 0 spiro atoms. The number of rotatable bonds is 4. The number of aromatic nitrogens is 3. The van der Waals surface area contributed by atoms with Gasteiger partial charge in [0.15, 0.2) is 0 Å². The Kier molecular flexibility index (Phi) is 5.18. The van der Waals surface area contributed by atoms with Crippen molar-refractivity contribution in [1.29, 1.82) is 0 Å². The van der Waals surface area contributed by atoms with E-state index < -0.39 is 17.6 Å². The molecule has 0 saturated heterocycles. The number of benzene rings is 2. The summed E-state index contributed by atoms with van der Waals surface area (Å²) in [5.41, 5.74) is 0.373. The van der Waals surface area contributed by atoms with Crippen molar-refractivity contribution in [3.8, 4) is 5.69 Å². The quantitative estimate of drug-likeness (QED) is 0.722. The highest BCUT2D eigenvalue weighted by atomic mass is 35.5. The van der Waals surface area contributed by atoms with Gasteiger partial charge in [-0.15, -0.1) is 5.10 Å². The maximum atomic E-state index is 12.6. The summed E-state index contributed by atoms with van der Waals surface area (Å²) < 4.78 is 39.2. The van der Waals surface area contributed by atoms with Crippen molar-refractivity contribution in [2.45, 2.75) is 19.6 Å². The van der Waals surface area contributed by atoms with E-state index in [4.69, 9.17) is 11.6 Å². The van der Waals surface area contributed by atoms with Gasteiger partial charge in [-0.1, -0.05) is 35.9 Å². The summed E-state index contributed by atoms with van der Waals surface area (Å²) in [4.78, 5) is 16.4. The Morgan fingerprint density at radius 1 is 1.15 bits per heavy atom. The summed E-state index contributed by atoms with van der Waals surface area (Å²) in [7, 11) is 0. The molecule has 0 bridgehead atoms. The van der Waals surface area contributed by atoms with E-state index in [-0.39, 0.29) is 12.4 Å². The Hall–Kier alpha value is -2.87. The summed E-state index contributed by atoms with van der Waals surface area (Å²) >= 11 is 6.14. The first-order valence-electron chi connectivity index (χ1n) is 7.88. The summed E-state index contributed by atoms with van der Waals surface area (Å²) in [6, 6.07) is 11.6. The van der Waals surface area contributed by atoms with Crippen LogP contribution >= 0.6 is 11.6 Å². The Bertz CT molecular complexity index is 967. The number of aryl methyl sites for hydroxylation is 1. The van der Waals surface area contributed by atoms with E-state index in [1.807, 2.05) is 0 Å². The van der Waals surface area contributed by atoms with Gasteiger partial charge in [-0.2, -0.15) is 13.2 Å². The normalized spacial score (nSPS) is 11.4. The molecule has 0 fully saturated rings. The summed E-state index contributed by atoms with van der Waals surface area (Å²) in [6.07, 6.45) is -4.39. The van der Waals surface area contributed by atoms with Gasteiger partial charge in [-0.05, 0) is 36.8 Å². The third kappa shape index (κ3) is 4.28. The van der Waals surface area contributed by atoms with Crippen molar-refractivity contribution >= 4 is 17.5 Å². The van der Waals surface area contributed by atoms with Crippen LogP contribution in [0.2, 0.25) is 5.02 Å². The lowest BCUT2D eigenvalue weighted by Crippen LogP contribution is -2.24. The van der Waals surface area contributed by atoms with E-state index in [1.165, 1.54) is 16.8 Å². The van der Waals surface area contributed by atoms with Gasteiger partial charge in [0, 0.05) is 6.54 Å². The van der Waals surface area contributed by atoms with Crippen LogP contribution in [0.5, 0.6) is 0 Å². The van der Waals surface area contributed by atoms with Crippen LogP contribution in [0.15, 0.2) is 48.5 Å². The molecular weight excluding hydrogens is 381 g/mol. The van der Waals surface area contributed by atoms with Gasteiger partial charge in [-0.3, -0.25) is 4.79 Å². The van der Waals surface area contributed by atoms with Crippen LogP contribution in [0.1, 0.15) is 27.6 Å². The molecule has 1 N–H and O–H groups in total. The van der Waals surface area contributed by atoms with Gasteiger partial charge in [0.2, 0.25) is 5.82 Å².